The molecule has 2 aliphatic heterocycles. The smallest absolute Gasteiger partial charge is 0.228 e. The number of imidazole rings is 2. The fourth-order valence-corrected chi connectivity index (χ4v) is 4.34. The summed E-state index contributed by atoms with van der Waals surface area (Å²) in [5.74, 6) is 0.811. The Morgan fingerprint density at radius 3 is 2.97 bits per heavy atom. The van der Waals surface area contributed by atoms with E-state index >= 15 is 0 Å². The number of anilines is 1. The molecule has 1 fully saturated rings. The Hall–Kier alpha value is -3.20. The van der Waals surface area contributed by atoms with Crippen molar-refractivity contribution in [2.45, 2.75) is 13.5 Å². The van der Waals surface area contributed by atoms with Crippen LogP contribution >= 0.6 is 12.4 Å². The number of benzene rings is 1. The molecule has 1 aromatic carbocycles. The topological polar surface area (TPSA) is 87.5 Å². The van der Waals surface area contributed by atoms with Gasteiger partial charge in [-0.3, -0.25) is 0 Å². The summed E-state index contributed by atoms with van der Waals surface area (Å²) in [5.41, 5.74) is 5.03. The zero-order valence-electron chi connectivity index (χ0n) is 16.3. The van der Waals surface area contributed by atoms with Crippen LogP contribution in [0.25, 0.3) is 33.5 Å². The predicted octanol–water partition coefficient (Wildman–Crippen LogP) is 2.87. The second kappa shape index (κ2) is 6.94. The van der Waals surface area contributed by atoms with Gasteiger partial charge in [0.15, 0.2) is 5.65 Å². The lowest BCUT2D eigenvalue weighted by Crippen LogP contribution is -2.25. The number of fused-ring (bicyclic) bond motifs is 3. The maximum Gasteiger partial charge on any atom is 0.228 e. The number of H-pyrrole nitrogens is 1. The Morgan fingerprint density at radius 1 is 1.23 bits per heavy atom. The van der Waals surface area contributed by atoms with E-state index in [2.05, 4.69) is 36.4 Å². The highest BCUT2D eigenvalue weighted by atomic mass is 35.5. The van der Waals surface area contributed by atoms with E-state index in [1.54, 1.807) is 17.2 Å². The average Bonchev–Trinajstić information content (AvgIpc) is 3.48. The van der Waals surface area contributed by atoms with E-state index in [-0.39, 0.29) is 18.2 Å². The van der Waals surface area contributed by atoms with Crippen LogP contribution in [0.15, 0.2) is 36.6 Å². The van der Waals surface area contributed by atoms with Gasteiger partial charge in [-0.1, -0.05) is 0 Å². The molecule has 0 spiro atoms. The summed E-state index contributed by atoms with van der Waals surface area (Å²) in [5, 5.41) is 3.29. The number of aromatic amines is 1. The predicted molar refractivity (Wildman–Crippen MR) is 115 cm³/mol. The summed E-state index contributed by atoms with van der Waals surface area (Å²) in [4.78, 5) is 23.5. The summed E-state index contributed by atoms with van der Waals surface area (Å²) >= 11 is 0. The molecule has 0 radical (unpaired) electrons. The first kappa shape index (κ1) is 18.8. The van der Waals surface area contributed by atoms with Crippen molar-refractivity contribution in [3.05, 3.63) is 42.4 Å². The SMILES string of the molecule is CCn1cnc2cc(-c3nc(N4CC5=CNCC5C4)nc4[nH]cnc34)cc(F)c21.Cl. The first-order chi connectivity index (χ1) is 14.2. The van der Waals surface area contributed by atoms with Crippen LogP contribution in [0, 0.1) is 11.7 Å². The van der Waals surface area contributed by atoms with Gasteiger partial charge in [0.05, 0.1) is 18.2 Å². The van der Waals surface area contributed by atoms with Crippen molar-refractivity contribution in [1.82, 2.24) is 34.8 Å². The minimum absolute atomic E-state index is 0. The number of aryl methyl sites for hydroxylation is 1. The van der Waals surface area contributed by atoms with Crippen molar-refractivity contribution in [2.24, 2.45) is 5.92 Å². The molecular formula is C20H20ClFN8. The molecular weight excluding hydrogens is 407 g/mol. The Labute approximate surface area is 177 Å². The molecule has 8 nitrogen and oxygen atoms in total. The highest BCUT2D eigenvalue weighted by Gasteiger charge is 2.32. The Bertz CT molecular complexity index is 1290. The van der Waals surface area contributed by atoms with Crippen LogP contribution in [0.2, 0.25) is 0 Å². The Kier molecular flexibility index (Phi) is 4.35. The lowest BCUT2D eigenvalue weighted by atomic mass is 10.1. The molecule has 0 amide bonds. The summed E-state index contributed by atoms with van der Waals surface area (Å²) in [7, 11) is 0. The van der Waals surface area contributed by atoms with E-state index in [0.29, 0.717) is 51.9 Å². The van der Waals surface area contributed by atoms with E-state index in [4.69, 9.17) is 4.98 Å². The summed E-state index contributed by atoms with van der Waals surface area (Å²) in [6.07, 6.45) is 5.35. The van der Waals surface area contributed by atoms with Gasteiger partial charge in [-0.05, 0) is 30.8 Å². The van der Waals surface area contributed by atoms with Crippen molar-refractivity contribution in [2.75, 3.05) is 24.5 Å². The van der Waals surface area contributed by atoms with Crippen molar-refractivity contribution in [1.29, 1.82) is 0 Å². The number of rotatable bonds is 3. The van der Waals surface area contributed by atoms with Crippen LogP contribution in [-0.2, 0) is 6.54 Å². The van der Waals surface area contributed by atoms with Gasteiger partial charge in [0.25, 0.3) is 0 Å². The van der Waals surface area contributed by atoms with Crippen LogP contribution in [0.3, 0.4) is 0 Å². The molecule has 1 atom stereocenters. The molecule has 0 aliphatic carbocycles. The van der Waals surface area contributed by atoms with Crippen molar-refractivity contribution < 1.29 is 4.39 Å². The molecule has 1 saturated heterocycles. The third kappa shape index (κ3) is 2.72. The van der Waals surface area contributed by atoms with Gasteiger partial charge in [0.1, 0.15) is 22.5 Å². The monoisotopic (exact) mass is 426 g/mol. The van der Waals surface area contributed by atoms with E-state index in [9.17, 15) is 4.39 Å². The van der Waals surface area contributed by atoms with Crippen LogP contribution in [0.1, 0.15) is 6.92 Å². The normalized spacial score (nSPS) is 17.9. The van der Waals surface area contributed by atoms with Crippen molar-refractivity contribution in [3.8, 4) is 11.3 Å². The van der Waals surface area contributed by atoms with Crippen LogP contribution in [0.5, 0.6) is 0 Å². The first-order valence-corrected chi connectivity index (χ1v) is 9.74. The standard InChI is InChI=1S/C20H19FN8.ClH/c1-2-28-10-25-15-4-11(3-14(21)18(15)28)16-17-19(24-9-23-17)27-20(26-16)29-7-12-5-22-6-13(12)8-29;/h3-5,9-10,13,22H,2,6-8H2,1H3,(H,23,24,26,27);1H. The molecule has 154 valence electrons. The number of nitrogens with one attached hydrogen (secondary N) is 2. The third-order valence-corrected chi connectivity index (χ3v) is 5.82. The van der Waals surface area contributed by atoms with Gasteiger partial charge < -0.3 is 19.8 Å². The van der Waals surface area contributed by atoms with E-state index < -0.39 is 0 Å². The van der Waals surface area contributed by atoms with E-state index in [0.717, 1.165) is 19.6 Å². The van der Waals surface area contributed by atoms with Gasteiger partial charge >= 0.3 is 0 Å². The molecule has 10 heteroatoms. The second-order valence-corrected chi connectivity index (χ2v) is 7.53. The molecule has 6 rings (SSSR count). The molecule has 0 bridgehead atoms. The summed E-state index contributed by atoms with van der Waals surface area (Å²) in [6, 6.07) is 3.39. The molecule has 30 heavy (non-hydrogen) atoms. The maximum atomic E-state index is 14.9. The molecule has 1 unspecified atom stereocenters. The van der Waals surface area contributed by atoms with Crippen molar-refractivity contribution >= 4 is 40.6 Å². The lowest BCUT2D eigenvalue weighted by Gasteiger charge is -2.17. The number of hydrogen-bond donors (Lipinski definition) is 2. The number of nitrogens with zero attached hydrogens (tertiary/aromatic N) is 6. The minimum Gasteiger partial charge on any atom is -0.390 e. The largest absolute Gasteiger partial charge is 0.390 e. The van der Waals surface area contributed by atoms with Gasteiger partial charge in [-0.2, -0.15) is 4.98 Å². The van der Waals surface area contributed by atoms with Gasteiger partial charge in [-0.25, -0.2) is 19.3 Å². The quantitative estimate of drug-likeness (QED) is 0.523. The highest BCUT2D eigenvalue weighted by Crippen LogP contribution is 2.33. The summed E-state index contributed by atoms with van der Waals surface area (Å²) in [6.45, 7) is 5.24. The molecule has 0 saturated carbocycles. The molecule has 3 aromatic heterocycles. The number of hydrogen-bond acceptors (Lipinski definition) is 6. The number of aromatic nitrogens is 6. The summed E-state index contributed by atoms with van der Waals surface area (Å²) < 4.78 is 16.7. The van der Waals surface area contributed by atoms with E-state index in [1.807, 2.05) is 13.0 Å². The average molecular weight is 427 g/mol. The zero-order valence-corrected chi connectivity index (χ0v) is 17.1. The van der Waals surface area contributed by atoms with Crippen LogP contribution < -0.4 is 10.2 Å². The minimum atomic E-state index is -0.312. The van der Waals surface area contributed by atoms with Crippen LogP contribution in [0.4, 0.5) is 10.3 Å². The Balaban J connectivity index is 0.00000193. The second-order valence-electron chi connectivity index (χ2n) is 7.53. The first-order valence-electron chi connectivity index (χ1n) is 9.74. The zero-order chi connectivity index (χ0) is 19.5. The number of halogens is 2. The molecule has 2 N–H and O–H groups in total. The molecule has 2 aliphatic rings. The molecule has 4 aromatic rings. The highest BCUT2D eigenvalue weighted by molar-refractivity contribution is 5.91. The molecule has 5 heterocycles. The van der Waals surface area contributed by atoms with Crippen molar-refractivity contribution in [3.63, 3.8) is 0 Å². The van der Waals surface area contributed by atoms with Gasteiger partial charge in [0, 0.05) is 37.7 Å². The maximum absolute atomic E-state index is 14.9. The van der Waals surface area contributed by atoms with Crippen LogP contribution in [-0.4, -0.2) is 49.1 Å². The fraction of sp³-hybridized carbons (Fsp3) is 0.300. The van der Waals surface area contributed by atoms with E-state index in [1.165, 1.54) is 11.6 Å². The lowest BCUT2D eigenvalue weighted by molar-refractivity contribution is 0.626. The third-order valence-electron chi connectivity index (χ3n) is 5.82. The Morgan fingerprint density at radius 2 is 2.13 bits per heavy atom. The van der Waals surface area contributed by atoms with Gasteiger partial charge in [-0.15, -0.1) is 12.4 Å². The fourth-order valence-electron chi connectivity index (χ4n) is 4.34. The van der Waals surface area contributed by atoms with Gasteiger partial charge in [0.2, 0.25) is 5.95 Å².